The summed E-state index contributed by atoms with van der Waals surface area (Å²) in [5.41, 5.74) is 0.744. The fourth-order valence-electron chi connectivity index (χ4n) is 3.17. The maximum absolute atomic E-state index is 13.1. The molecule has 1 aliphatic heterocycles. The minimum Gasteiger partial charge on any atom is -0.489 e. The van der Waals surface area contributed by atoms with Crippen molar-refractivity contribution in [3.05, 3.63) is 71.4 Å². The zero-order valence-electron chi connectivity index (χ0n) is 15.4. The number of alkyl halides is 3. The third-order valence-corrected chi connectivity index (χ3v) is 5.60. The highest BCUT2D eigenvalue weighted by Gasteiger charge is 2.33. The monoisotopic (exact) mass is 432 g/mol. The molecule has 5 nitrogen and oxygen atoms in total. The van der Waals surface area contributed by atoms with E-state index in [9.17, 15) is 22.8 Å². The number of carbonyl (C=O) groups is 2. The maximum Gasteiger partial charge on any atom is 0.416 e. The second-order valence-electron chi connectivity index (χ2n) is 6.73. The van der Waals surface area contributed by atoms with Gasteiger partial charge in [-0.1, -0.05) is 30.0 Å². The van der Waals surface area contributed by atoms with Crippen LogP contribution in [0.25, 0.3) is 10.9 Å². The van der Waals surface area contributed by atoms with Crippen LogP contribution in [0.3, 0.4) is 0 Å². The summed E-state index contributed by atoms with van der Waals surface area (Å²) in [7, 11) is 0. The van der Waals surface area contributed by atoms with Gasteiger partial charge in [0, 0.05) is 23.2 Å². The quantitative estimate of drug-likeness (QED) is 0.632. The zero-order chi connectivity index (χ0) is 21.3. The van der Waals surface area contributed by atoms with Gasteiger partial charge in [-0.15, -0.1) is 0 Å². The maximum atomic E-state index is 13.1. The Morgan fingerprint density at radius 1 is 1.10 bits per heavy atom. The minimum absolute atomic E-state index is 0.0512. The number of nitrogens with zero attached hydrogens (tertiary/aromatic N) is 1. The van der Waals surface area contributed by atoms with E-state index in [0.717, 1.165) is 28.8 Å². The lowest BCUT2D eigenvalue weighted by molar-refractivity contribution is -0.138. The van der Waals surface area contributed by atoms with E-state index >= 15 is 0 Å². The van der Waals surface area contributed by atoms with Gasteiger partial charge in [0.25, 0.3) is 5.24 Å². The summed E-state index contributed by atoms with van der Waals surface area (Å²) < 4.78 is 44.9. The Kier molecular flexibility index (Phi) is 5.38. The standard InChI is InChI=1S/C21H15F3N2O3S/c22-21(23,24)16-4-2-1-3-14(16)11-29-15-6-5-13-7-12(10-25-17(13)9-15)8-18-19(27)26-20(28)30-18/h1-7,9-10,18H,8,11H2,(H,26,27,28). The van der Waals surface area contributed by atoms with Gasteiger partial charge in [-0.3, -0.25) is 19.9 Å². The molecule has 1 unspecified atom stereocenters. The molecule has 0 saturated carbocycles. The van der Waals surface area contributed by atoms with E-state index in [1.54, 1.807) is 24.4 Å². The Bertz CT molecular complexity index is 1130. The Hall–Kier alpha value is -3.07. The first-order valence-corrected chi connectivity index (χ1v) is 9.85. The molecule has 1 atom stereocenters. The van der Waals surface area contributed by atoms with Crippen molar-refractivity contribution in [2.75, 3.05) is 0 Å². The van der Waals surface area contributed by atoms with Crippen LogP contribution in [0.4, 0.5) is 18.0 Å². The van der Waals surface area contributed by atoms with Crippen molar-refractivity contribution in [3.8, 4) is 5.75 Å². The normalized spacial score (nSPS) is 16.7. The number of ether oxygens (including phenoxy) is 1. The lowest BCUT2D eigenvalue weighted by Gasteiger charge is -2.14. The van der Waals surface area contributed by atoms with Crippen molar-refractivity contribution in [3.63, 3.8) is 0 Å². The summed E-state index contributed by atoms with van der Waals surface area (Å²) >= 11 is 0.956. The average Bonchev–Trinajstić information content (AvgIpc) is 3.02. The smallest absolute Gasteiger partial charge is 0.416 e. The molecule has 30 heavy (non-hydrogen) atoms. The lowest BCUT2D eigenvalue weighted by atomic mass is 10.1. The molecule has 0 radical (unpaired) electrons. The number of nitrogens with one attached hydrogen (secondary N) is 1. The summed E-state index contributed by atoms with van der Waals surface area (Å²) in [6, 6.07) is 12.2. The molecule has 2 aromatic carbocycles. The van der Waals surface area contributed by atoms with Gasteiger partial charge < -0.3 is 4.74 Å². The second kappa shape index (κ2) is 7.98. The van der Waals surface area contributed by atoms with Gasteiger partial charge in [-0.25, -0.2) is 0 Å². The molecule has 0 bridgehead atoms. The number of imide groups is 1. The van der Waals surface area contributed by atoms with Gasteiger partial charge in [-0.05, 0) is 36.2 Å². The van der Waals surface area contributed by atoms with Gasteiger partial charge >= 0.3 is 6.18 Å². The topological polar surface area (TPSA) is 68.3 Å². The molecule has 154 valence electrons. The van der Waals surface area contributed by atoms with Gasteiger partial charge in [-0.2, -0.15) is 13.2 Å². The van der Waals surface area contributed by atoms with Crippen molar-refractivity contribution >= 4 is 33.8 Å². The van der Waals surface area contributed by atoms with E-state index < -0.39 is 17.0 Å². The Balaban J connectivity index is 1.48. The molecule has 1 N–H and O–H groups in total. The third kappa shape index (κ3) is 4.40. The molecule has 0 spiro atoms. The molecule has 3 aromatic rings. The van der Waals surface area contributed by atoms with Crippen LogP contribution in [0.1, 0.15) is 16.7 Å². The zero-order valence-corrected chi connectivity index (χ0v) is 16.2. The predicted octanol–water partition coefficient (Wildman–Crippen LogP) is 4.73. The Labute approximate surface area is 173 Å². The SMILES string of the molecule is O=C1NC(=O)C(Cc2cnc3cc(OCc4ccccc4C(F)(F)F)ccc3c2)S1. The fraction of sp³-hybridized carbons (Fsp3) is 0.190. The van der Waals surface area contributed by atoms with E-state index in [1.165, 1.54) is 18.2 Å². The third-order valence-electron chi connectivity index (χ3n) is 4.62. The summed E-state index contributed by atoms with van der Waals surface area (Å²) in [5.74, 6) is 0.0871. The van der Waals surface area contributed by atoms with Crippen LogP contribution in [0.5, 0.6) is 5.75 Å². The number of rotatable bonds is 5. The van der Waals surface area contributed by atoms with Crippen molar-refractivity contribution in [1.82, 2.24) is 10.3 Å². The van der Waals surface area contributed by atoms with E-state index in [2.05, 4.69) is 10.3 Å². The molecular weight excluding hydrogens is 417 g/mol. The summed E-state index contributed by atoms with van der Waals surface area (Å²) in [6.07, 6.45) is -2.46. The van der Waals surface area contributed by atoms with Gasteiger partial charge in [0.2, 0.25) is 5.91 Å². The fourth-order valence-corrected chi connectivity index (χ4v) is 4.03. The molecular formula is C21H15F3N2O3S. The Morgan fingerprint density at radius 2 is 1.90 bits per heavy atom. The molecule has 2 amide bonds. The summed E-state index contributed by atoms with van der Waals surface area (Å²) in [6.45, 7) is -0.221. The summed E-state index contributed by atoms with van der Waals surface area (Å²) in [4.78, 5) is 27.3. The van der Waals surface area contributed by atoms with Crippen LogP contribution in [0.15, 0.2) is 54.7 Å². The molecule has 1 aliphatic rings. The molecule has 1 aromatic heterocycles. The van der Waals surface area contributed by atoms with E-state index in [4.69, 9.17) is 4.74 Å². The highest BCUT2D eigenvalue weighted by Crippen LogP contribution is 2.32. The minimum atomic E-state index is -4.44. The van der Waals surface area contributed by atoms with Crippen molar-refractivity contribution in [1.29, 1.82) is 0 Å². The van der Waals surface area contributed by atoms with Crippen LogP contribution in [0, 0.1) is 0 Å². The van der Waals surface area contributed by atoms with Crippen LogP contribution in [-0.2, 0) is 24.0 Å². The molecule has 1 fully saturated rings. The molecule has 4 rings (SSSR count). The van der Waals surface area contributed by atoms with E-state index in [-0.39, 0.29) is 23.3 Å². The Morgan fingerprint density at radius 3 is 2.63 bits per heavy atom. The number of carbonyl (C=O) groups excluding carboxylic acids is 2. The molecule has 0 aliphatic carbocycles. The number of pyridine rings is 1. The number of hydrogen-bond donors (Lipinski definition) is 1. The average molecular weight is 432 g/mol. The largest absolute Gasteiger partial charge is 0.489 e. The molecule has 9 heteroatoms. The van der Waals surface area contributed by atoms with Gasteiger partial charge in [0.15, 0.2) is 0 Å². The predicted molar refractivity (Wildman–Crippen MR) is 106 cm³/mol. The number of halogens is 3. The van der Waals surface area contributed by atoms with E-state index in [0.29, 0.717) is 17.7 Å². The molecule has 1 saturated heterocycles. The van der Waals surface area contributed by atoms with Crippen LogP contribution >= 0.6 is 11.8 Å². The van der Waals surface area contributed by atoms with Crippen LogP contribution < -0.4 is 10.1 Å². The summed E-state index contributed by atoms with van der Waals surface area (Å²) in [5, 5.41) is 2.21. The van der Waals surface area contributed by atoms with Crippen molar-refractivity contribution < 1.29 is 27.5 Å². The number of amides is 2. The van der Waals surface area contributed by atoms with E-state index in [1.807, 2.05) is 6.07 Å². The van der Waals surface area contributed by atoms with Crippen LogP contribution in [-0.4, -0.2) is 21.4 Å². The first kappa shape index (κ1) is 20.2. The first-order chi connectivity index (χ1) is 14.3. The first-order valence-electron chi connectivity index (χ1n) is 8.98. The number of thioether (sulfide) groups is 1. The number of hydrogen-bond acceptors (Lipinski definition) is 5. The number of fused-ring (bicyclic) bond motifs is 1. The number of aromatic nitrogens is 1. The molecule has 2 heterocycles. The van der Waals surface area contributed by atoms with Crippen LogP contribution in [0.2, 0.25) is 0 Å². The highest BCUT2D eigenvalue weighted by molar-refractivity contribution is 8.15. The lowest BCUT2D eigenvalue weighted by Crippen LogP contribution is -2.25. The second-order valence-corrected chi connectivity index (χ2v) is 7.90. The van der Waals surface area contributed by atoms with Gasteiger partial charge in [0.1, 0.15) is 12.4 Å². The number of benzene rings is 2. The van der Waals surface area contributed by atoms with Crippen molar-refractivity contribution in [2.24, 2.45) is 0 Å². The highest BCUT2D eigenvalue weighted by atomic mass is 32.2. The van der Waals surface area contributed by atoms with Gasteiger partial charge in [0.05, 0.1) is 16.3 Å². The van der Waals surface area contributed by atoms with Crippen molar-refractivity contribution in [2.45, 2.75) is 24.5 Å².